The number of fused-ring (bicyclic) bond motifs is 2. The lowest BCUT2D eigenvalue weighted by Crippen LogP contribution is -2.34. The molecule has 1 aliphatic heterocycles. The third-order valence-electron chi connectivity index (χ3n) is 4.43. The van der Waals surface area contributed by atoms with Crippen molar-refractivity contribution >= 4 is 27.3 Å². The summed E-state index contributed by atoms with van der Waals surface area (Å²) in [5, 5.41) is 3.67. The van der Waals surface area contributed by atoms with Gasteiger partial charge < -0.3 is 5.32 Å². The Morgan fingerprint density at radius 3 is 2.89 bits per heavy atom. The van der Waals surface area contributed by atoms with Gasteiger partial charge in [-0.2, -0.15) is 0 Å². The molecule has 1 fully saturated rings. The first kappa shape index (κ1) is 12.1. The van der Waals surface area contributed by atoms with Crippen molar-refractivity contribution in [2.45, 2.75) is 31.2 Å². The van der Waals surface area contributed by atoms with Gasteiger partial charge in [0.05, 0.1) is 0 Å². The molecular weight excluding hydrogens is 318 g/mol. The second kappa shape index (κ2) is 4.18. The van der Waals surface area contributed by atoms with Crippen molar-refractivity contribution < 1.29 is 0 Å². The fourth-order valence-corrected chi connectivity index (χ4v) is 4.76. The van der Waals surface area contributed by atoms with Gasteiger partial charge in [-0.25, -0.2) is 0 Å². The first-order chi connectivity index (χ1) is 9.18. The van der Waals surface area contributed by atoms with Gasteiger partial charge in [0.1, 0.15) is 0 Å². The van der Waals surface area contributed by atoms with Gasteiger partial charge >= 0.3 is 0 Å². The van der Waals surface area contributed by atoms with E-state index in [4.69, 9.17) is 0 Å². The summed E-state index contributed by atoms with van der Waals surface area (Å²) in [6.07, 6.45) is 2.71. The number of hydrogen-bond acceptors (Lipinski definition) is 2. The lowest BCUT2D eigenvalue weighted by Gasteiger charge is -2.27. The lowest BCUT2D eigenvalue weighted by atomic mass is 9.90. The maximum Gasteiger partial charge on any atom is 0.0389 e. The molecule has 0 saturated heterocycles. The van der Waals surface area contributed by atoms with E-state index in [2.05, 4.69) is 58.5 Å². The number of halogens is 1. The molecule has 0 bridgehead atoms. The van der Waals surface area contributed by atoms with Crippen LogP contribution >= 0.6 is 27.3 Å². The molecule has 1 unspecified atom stereocenters. The van der Waals surface area contributed by atoms with E-state index in [1.165, 1.54) is 23.3 Å². The summed E-state index contributed by atoms with van der Waals surface area (Å²) < 4.78 is 1.16. The molecule has 1 aromatic carbocycles. The van der Waals surface area contributed by atoms with Gasteiger partial charge in [-0.15, -0.1) is 11.3 Å². The van der Waals surface area contributed by atoms with Crippen LogP contribution in [0.15, 0.2) is 34.8 Å². The number of rotatable bonds is 1. The van der Waals surface area contributed by atoms with Crippen LogP contribution in [0.2, 0.25) is 0 Å². The van der Waals surface area contributed by atoms with Crippen molar-refractivity contribution in [3.05, 3.63) is 45.2 Å². The first-order valence-corrected chi connectivity index (χ1v) is 8.42. The topological polar surface area (TPSA) is 12.0 Å². The van der Waals surface area contributed by atoms with Crippen molar-refractivity contribution in [2.24, 2.45) is 0 Å². The Labute approximate surface area is 126 Å². The molecule has 1 atom stereocenters. The van der Waals surface area contributed by atoms with Gasteiger partial charge in [0.15, 0.2) is 0 Å². The number of nitrogens with one attached hydrogen (secondary N) is 1. The molecule has 1 aliphatic carbocycles. The van der Waals surface area contributed by atoms with E-state index >= 15 is 0 Å². The van der Waals surface area contributed by atoms with Crippen LogP contribution in [-0.2, 0) is 5.41 Å². The average Bonchev–Trinajstić information content (AvgIpc) is 3.02. The fraction of sp³-hybridized carbons (Fsp3) is 0.375. The largest absolute Gasteiger partial charge is 0.309 e. The molecule has 2 heterocycles. The summed E-state index contributed by atoms with van der Waals surface area (Å²) in [7, 11) is 0. The highest BCUT2D eigenvalue weighted by Crippen LogP contribution is 2.55. The molecule has 1 spiro atoms. The van der Waals surface area contributed by atoms with Crippen molar-refractivity contribution in [3.8, 4) is 10.4 Å². The Bertz CT molecular complexity index is 642. The zero-order valence-electron chi connectivity index (χ0n) is 10.9. The molecule has 0 amide bonds. The maximum absolute atomic E-state index is 3.67. The SMILES string of the molecule is CC1NCC2(CC2)c2cc(-c3cccc(Br)c3)sc21. The van der Waals surface area contributed by atoms with Crippen LogP contribution in [0.4, 0.5) is 0 Å². The third kappa shape index (κ3) is 1.91. The van der Waals surface area contributed by atoms with Crippen LogP contribution in [0.3, 0.4) is 0 Å². The Morgan fingerprint density at radius 1 is 1.32 bits per heavy atom. The summed E-state index contributed by atoms with van der Waals surface area (Å²) in [4.78, 5) is 2.96. The third-order valence-corrected chi connectivity index (χ3v) is 6.29. The minimum atomic E-state index is 0.475. The van der Waals surface area contributed by atoms with Crippen molar-refractivity contribution in [3.63, 3.8) is 0 Å². The highest BCUT2D eigenvalue weighted by atomic mass is 79.9. The van der Waals surface area contributed by atoms with E-state index in [1.807, 2.05) is 11.3 Å². The van der Waals surface area contributed by atoms with Crippen LogP contribution in [0.5, 0.6) is 0 Å². The van der Waals surface area contributed by atoms with Crippen molar-refractivity contribution in [1.82, 2.24) is 5.32 Å². The van der Waals surface area contributed by atoms with E-state index in [0.29, 0.717) is 11.5 Å². The molecule has 4 rings (SSSR count). The molecule has 2 aliphatic rings. The standard InChI is InChI=1S/C16H16BrNS/c1-10-15-13(16(5-6-16)9-18-10)8-14(19-15)11-3-2-4-12(17)7-11/h2-4,7-8,10,18H,5-6,9H2,1H3. The quantitative estimate of drug-likeness (QED) is 0.784. The predicted octanol–water partition coefficient (Wildman–Crippen LogP) is 4.87. The van der Waals surface area contributed by atoms with E-state index < -0.39 is 0 Å². The summed E-state index contributed by atoms with van der Waals surface area (Å²) >= 11 is 5.53. The molecule has 0 radical (unpaired) electrons. The smallest absolute Gasteiger partial charge is 0.0389 e. The highest BCUT2D eigenvalue weighted by molar-refractivity contribution is 9.10. The van der Waals surface area contributed by atoms with E-state index in [1.54, 1.807) is 10.4 Å². The summed E-state index contributed by atoms with van der Waals surface area (Å²) in [6, 6.07) is 11.6. The van der Waals surface area contributed by atoms with Gasteiger partial charge in [-0.05, 0) is 49.1 Å². The van der Waals surface area contributed by atoms with Gasteiger partial charge in [0, 0.05) is 32.2 Å². The van der Waals surface area contributed by atoms with Crippen LogP contribution < -0.4 is 5.32 Å². The molecule has 1 nitrogen and oxygen atoms in total. The van der Waals surface area contributed by atoms with E-state index in [-0.39, 0.29) is 0 Å². The number of thiophene rings is 1. The highest BCUT2D eigenvalue weighted by Gasteiger charge is 2.49. The molecule has 3 heteroatoms. The molecule has 1 aromatic heterocycles. The lowest BCUT2D eigenvalue weighted by molar-refractivity contribution is 0.475. The Balaban J connectivity index is 1.84. The van der Waals surface area contributed by atoms with Crippen LogP contribution in [-0.4, -0.2) is 6.54 Å². The van der Waals surface area contributed by atoms with E-state index in [9.17, 15) is 0 Å². The van der Waals surface area contributed by atoms with Gasteiger partial charge in [-0.3, -0.25) is 0 Å². The Kier molecular flexibility index (Phi) is 2.66. The average molecular weight is 334 g/mol. The fourth-order valence-electron chi connectivity index (χ4n) is 3.06. The van der Waals surface area contributed by atoms with Gasteiger partial charge in [-0.1, -0.05) is 28.1 Å². The summed E-state index contributed by atoms with van der Waals surface area (Å²) in [5.41, 5.74) is 3.43. The molecule has 19 heavy (non-hydrogen) atoms. The van der Waals surface area contributed by atoms with Crippen LogP contribution in [0, 0.1) is 0 Å². The monoisotopic (exact) mass is 333 g/mol. The van der Waals surface area contributed by atoms with E-state index in [0.717, 1.165) is 11.0 Å². The van der Waals surface area contributed by atoms with Crippen LogP contribution in [0.1, 0.15) is 36.2 Å². The van der Waals surface area contributed by atoms with Crippen molar-refractivity contribution in [1.29, 1.82) is 0 Å². The first-order valence-electron chi connectivity index (χ1n) is 6.81. The Morgan fingerprint density at radius 2 is 2.16 bits per heavy atom. The number of benzene rings is 1. The normalized spacial score (nSPS) is 23.4. The zero-order chi connectivity index (χ0) is 13.0. The summed E-state index contributed by atoms with van der Waals surface area (Å²) in [5.74, 6) is 0. The number of hydrogen-bond donors (Lipinski definition) is 1. The molecule has 1 N–H and O–H groups in total. The Hall–Kier alpha value is -0.640. The van der Waals surface area contributed by atoms with Crippen molar-refractivity contribution in [2.75, 3.05) is 6.54 Å². The van der Waals surface area contributed by atoms with Crippen LogP contribution in [0.25, 0.3) is 10.4 Å². The van der Waals surface area contributed by atoms with Gasteiger partial charge in [0.2, 0.25) is 0 Å². The second-order valence-electron chi connectivity index (χ2n) is 5.78. The molecule has 1 saturated carbocycles. The minimum Gasteiger partial charge on any atom is -0.309 e. The minimum absolute atomic E-state index is 0.475. The zero-order valence-corrected chi connectivity index (χ0v) is 13.3. The maximum atomic E-state index is 3.67. The predicted molar refractivity (Wildman–Crippen MR) is 84.8 cm³/mol. The molecule has 98 valence electrons. The molecular formula is C16H16BrNS. The molecule has 2 aromatic rings. The van der Waals surface area contributed by atoms with Gasteiger partial charge in [0.25, 0.3) is 0 Å². The summed E-state index contributed by atoms with van der Waals surface area (Å²) in [6.45, 7) is 3.45. The second-order valence-corrected chi connectivity index (χ2v) is 7.78.